The Morgan fingerprint density at radius 2 is 1.59 bits per heavy atom. The number of anilines is 1. The van der Waals surface area contributed by atoms with Crippen LogP contribution in [0.5, 0.6) is 0 Å². The maximum Gasteiger partial charge on any atom is 0.267 e. The first-order chi connectivity index (χ1) is 17.9. The second kappa shape index (κ2) is 13.5. The van der Waals surface area contributed by atoms with E-state index in [2.05, 4.69) is 27.8 Å². The molecular weight excluding hydrogens is 477 g/mol. The molecule has 7 N–H and O–H groups in total. The molecule has 3 rings (SSSR count). The number of halogens is 1. The lowest BCUT2D eigenvalue weighted by Crippen LogP contribution is -2.50. The minimum absolute atomic E-state index is 0.0770. The standard InChI is InChI=1S/C27H26FN5O4/c28-22-3-1-2-20(14-22)16-30-17-25(34)31-23-12-8-19(9-13-23)5-4-18-6-10-21(11-7-18)26(35)32-24(15-29)27(36)33-37/h1-3,6-14,24,30,37H,15-17,29H2,(H,31,34)(H,32,35)(H,33,36)/t24-/m0/s1. The first-order valence-electron chi connectivity index (χ1n) is 11.3. The van der Waals surface area contributed by atoms with Gasteiger partial charge in [-0.05, 0) is 66.2 Å². The van der Waals surface area contributed by atoms with Crippen LogP contribution in [0.4, 0.5) is 10.1 Å². The lowest BCUT2D eigenvalue weighted by Gasteiger charge is -2.14. The van der Waals surface area contributed by atoms with Gasteiger partial charge in [0.15, 0.2) is 0 Å². The van der Waals surface area contributed by atoms with Crippen molar-refractivity contribution >= 4 is 23.4 Å². The Hall–Kier alpha value is -4.56. The molecule has 3 aromatic carbocycles. The minimum atomic E-state index is -1.05. The monoisotopic (exact) mass is 503 g/mol. The molecule has 37 heavy (non-hydrogen) atoms. The van der Waals surface area contributed by atoms with Gasteiger partial charge in [-0.15, -0.1) is 0 Å². The van der Waals surface area contributed by atoms with E-state index in [1.807, 2.05) is 0 Å². The summed E-state index contributed by atoms with van der Waals surface area (Å²) in [4.78, 5) is 35.8. The lowest BCUT2D eigenvalue weighted by atomic mass is 10.1. The SMILES string of the molecule is NC[C@H](NC(=O)c1ccc(C#Cc2ccc(NC(=O)CNCc3cccc(F)c3)cc2)cc1)C(=O)NO. The maximum atomic E-state index is 13.2. The predicted octanol–water partition coefficient (Wildman–Crippen LogP) is 1.52. The van der Waals surface area contributed by atoms with E-state index in [-0.39, 0.29) is 24.8 Å². The van der Waals surface area contributed by atoms with Gasteiger partial charge in [0.1, 0.15) is 11.9 Å². The van der Waals surface area contributed by atoms with Crippen molar-refractivity contribution in [3.05, 3.63) is 101 Å². The number of benzene rings is 3. The molecule has 0 unspecified atom stereocenters. The molecule has 3 amide bonds. The van der Waals surface area contributed by atoms with Crippen molar-refractivity contribution in [1.29, 1.82) is 0 Å². The van der Waals surface area contributed by atoms with Crippen LogP contribution in [0.15, 0.2) is 72.8 Å². The number of hydrogen-bond donors (Lipinski definition) is 6. The molecule has 0 heterocycles. The molecule has 3 aromatic rings. The summed E-state index contributed by atoms with van der Waals surface area (Å²) in [6.07, 6.45) is 0. The van der Waals surface area contributed by atoms with E-state index in [1.54, 1.807) is 60.7 Å². The normalized spacial score (nSPS) is 11.0. The fraction of sp³-hybridized carbons (Fsp3) is 0.148. The zero-order valence-electron chi connectivity index (χ0n) is 19.8. The minimum Gasteiger partial charge on any atom is -0.339 e. The van der Waals surface area contributed by atoms with Gasteiger partial charge >= 0.3 is 0 Å². The Bertz CT molecular complexity index is 1300. The third kappa shape index (κ3) is 8.55. The molecule has 0 aromatic heterocycles. The average Bonchev–Trinajstić information content (AvgIpc) is 2.91. The number of rotatable bonds is 9. The van der Waals surface area contributed by atoms with Crippen molar-refractivity contribution in [3.63, 3.8) is 0 Å². The average molecular weight is 504 g/mol. The molecule has 0 radical (unpaired) electrons. The Morgan fingerprint density at radius 1 is 0.946 bits per heavy atom. The third-order valence-corrected chi connectivity index (χ3v) is 5.14. The lowest BCUT2D eigenvalue weighted by molar-refractivity contribution is -0.130. The molecule has 1 atom stereocenters. The van der Waals surface area contributed by atoms with Crippen LogP contribution in [-0.2, 0) is 16.1 Å². The van der Waals surface area contributed by atoms with Gasteiger partial charge in [0, 0.05) is 35.5 Å². The molecule has 9 nitrogen and oxygen atoms in total. The molecule has 0 saturated carbocycles. The summed E-state index contributed by atoms with van der Waals surface area (Å²) >= 11 is 0. The van der Waals surface area contributed by atoms with Crippen LogP contribution < -0.4 is 27.2 Å². The zero-order valence-corrected chi connectivity index (χ0v) is 19.8. The molecule has 0 bridgehead atoms. The quantitative estimate of drug-likeness (QED) is 0.148. The van der Waals surface area contributed by atoms with Crippen LogP contribution >= 0.6 is 0 Å². The van der Waals surface area contributed by atoms with Crippen LogP contribution in [0.25, 0.3) is 0 Å². The van der Waals surface area contributed by atoms with E-state index in [1.165, 1.54) is 17.6 Å². The van der Waals surface area contributed by atoms with Crippen molar-refractivity contribution in [2.24, 2.45) is 5.73 Å². The first kappa shape index (κ1) is 27.0. The van der Waals surface area contributed by atoms with E-state index >= 15 is 0 Å². The van der Waals surface area contributed by atoms with E-state index in [0.717, 1.165) is 11.1 Å². The highest BCUT2D eigenvalue weighted by atomic mass is 19.1. The Labute approximate surface area is 213 Å². The molecule has 0 aliphatic carbocycles. The van der Waals surface area contributed by atoms with Gasteiger partial charge in [0.2, 0.25) is 5.91 Å². The van der Waals surface area contributed by atoms with Crippen molar-refractivity contribution in [3.8, 4) is 11.8 Å². The molecule has 0 aliphatic heterocycles. The molecule has 0 spiro atoms. The molecular formula is C27H26FN5O4. The molecule has 0 saturated heterocycles. The second-order valence-electron chi connectivity index (χ2n) is 7.92. The summed E-state index contributed by atoms with van der Waals surface area (Å²) in [6.45, 7) is 0.283. The van der Waals surface area contributed by atoms with Gasteiger partial charge in [-0.2, -0.15) is 0 Å². The van der Waals surface area contributed by atoms with Crippen LogP contribution in [0, 0.1) is 17.7 Å². The zero-order chi connectivity index (χ0) is 26.6. The molecule has 190 valence electrons. The summed E-state index contributed by atoms with van der Waals surface area (Å²) in [7, 11) is 0. The van der Waals surface area contributed by atoms with Gasteiger partial charge in [-0.25, -0.2) is 9.87 Å². The van der Waals surface area contributed by atoms with E-state index < -0.39 is 17.9 Å². The number of carbonyl (C=O) groups is 3. The first-order valence-corrected chi connectivity index (χ1v) is 11.3. The van der Waals surface area contributed by atoms with Gasteiger partial charge < -0.3 is 21.7 Å². The van der Waals surface area contributed by atoms with Crippen molar-refractivity contribution in [2.45, 2.75) is 12.6 Å². The summed E-state index contributed by atoms with van der Waals surface area (Å²) in [5.74, 6) is 4.13. The maximum absolute atomic E-state index is 13.2. The Balaban J connectivity index is 1.49. The number of nitrogens with one attached hydrogen (secondary N) is 4. The summed E-state index contributed by atoms with van der Waals surface area (Å²) < 4.78 is 13.2. The van der Waals surface area contributed by atoms with Gasteiger partial charge in [-0.3, -0.25) is 19.6 Å². The number of amides is 3. The number of carbonyl (C=O) groups excluding carboxylic acids is 3. The number of hydroxylamine groups is 1. The predicted molar refractivity (Wildman–Crippen MR) is 136 cm³/mol. The second-order valence-corrected chi connectivity index (χ2v) is 7.92. The molecule has 10 heteroatoms. The largest absolute Gasteiger partial charge is 0.339 e. The van der Waals surface area contributed by atoms with E-state index in [0.29, 0.717) is 23.4 Å². The highest BCUT2D eigenvalue weighted by molar-refractivity contribution is 5.97. The molecule has 0 fully saturated rings. The highest BCUT2D eigenvalue weighted by Crippen LogP contribution is 2.10. The number of nitrogens with two attached hydrogens (primary N) is 1. The van der Waals surface area contributed by atoms with Crippen molar-refractivity contribution in [1.82, 2.24) is 16.1 Å². The van der Waals surface area contributed by atoms with Crippen LogP contribution in [0.1, 0.15) is 27.0 Å². The van der Waals surface area contributed by atoms with Crippen molar-refractivity contribution in [2.75, 3.05) is 18.4 Å². The summed E-state index contributed by atoms with van der Waals surface area (Å²) in [5, 5.41) is 16.9. The van der Waals surface area contributed by atoms with Crippen molar-refractivity contribution < 1.29 is 24.0 Å². The van der Waals surface area contributed by atoms with Crippen LogP contribution in [0.2, 0.25) is 0 Å². The number of hydrogen-bond acceptors (Lipinski definition) is 6. The smallest absolute Gasteiger partial charge is 0.267 e. The van der Waals surface area contributed by atoms with Gasteiger partial charge in [0.25, 0.3) is 11.8 Å². The third-order valence-electron chi connectivity index (χ3n) is 5.14. The van der Waals surface area contributed by atoms with Crippen LogP contribution in [-0.4, -0.2) is 42.1 Å². The van der Waals surface area contributed by atoms with Gasteiger partial charge in [0.05, 0.1) is 6.54 Å². The topological polar surface area (TPSA) is 146 Å². The van der Waals surface area contributed by atoms with E-state index in [9.17, 15) is 18.8 Å². The van der Waals surface area contributed by atoms with Crippen LogP contribution in [0.3, 0.4) is 0 Å². The van der Waals surface area contributed by atoms with E-state index in [4.69, 9.17) is 10.9 Å². The fourth-order valence-corrected chi connectivity index (χ4v) is 3.21. The Morgan fingerprint density at radius 3 is 2.19 bits per heavy atom. The fourth-order valence-electron chi connectivity index (χ4n) is 3.21. The van der Waals surface area contributed by atoms with Gasteiger partial charge in [-0.1, -0.05) is 24.0 Å². The summed E-state index contributed by atoms with van der Waals surface area (Å²) in [5.41, 5.74) is 9.95. The Kier molecular flexibility index (Phi) is 9.87. The highest BCUT2D eigenvalue weighted by Gasteiger charge is 2.19. The summed E-state index contributed by atoms with van der Waals surface area (Å²) in [6, 6.07) is 18.6. The molecule has 0 aliphatic rings.